The molecule has 0 aliphatic heterocycles. The SMILES string of the molecule is C=C/C=C(\C=C/C)S(=O)(=O)c1ccc(OC(C)C)cc1. The summed E-state index contributed by atoms with van der Waals surface area (Å²) < 4.78 is 30.4. The summed E-state index contributed by atoms with van der Waals surface area (Å²) in [7, 11) is -3.52. The number of ether oxygens (including phenoxy) is 1. The molecule has 1 aromatic rings. The van der Waals surface area contributed by atoms with E-state index in [0.717, 1.165) is 0 Å². The zero-order valence-corrected chi connectivity index (χ0v) is 12.9. The van der Waals surface area contributed by atoms with E-state index in [1.54, 1.807) is 43.3 Å². The molecule has 0 radical (unpaired) electrons. The van der Waals surface area contributed by atoms with Gasteiger partial charge in [-0.15, -0.1) is 0 Å². The summed E-state index contributed by atoms with van der Waals surface area (Å²) in [4.78, 5) is 0.451. The first-order chi connectivity index (χ1) is 9.41. The first kappa shape index (κ1) is 16.2. The summed E-state index contributed by atoms with van der Waals surface area (Å²) in [5.74, 6) is 0.652. The predicted octanol–water partition coefficient (Wildman–Crippen LogP) is 3.89. The Balaban J connectivity index is 3.15. The Labute approximate surface area is 121 Å². The maximum absolute atomic E-state index is 12.4. The molecular weight excluding hydrogens is 272 g/mol. The zero-order chi connectivity index (χ0) is 15.2. The van der Waals surface area contributed by atoms with Crippen molar-refractivity contribution >= 4 is 9.84 Å². The number of hydrogen-bond acceptors (Lipinski definition) is 3. The third-order valence-corrected chi connectivity index (χ3v) is 4.21. The van der Waals surface area contributed by atoms with Gasteiger partial charge in [0.2, 0.25) is 9.84 Å². The molecule has 1 aromatic carbocycles. The van der Waals surface area contributed by atoms with E-state index in [-0.39, 0.29) is 15.9 Å². The molecule has 1 rings (SSSR count). The van der Waals surface area contributed by atoms with E-state index in [1.165, 1.54) is 12.2 Å². The largest absolute Gasteiger partial charge is 0.491 e. The molecule has 0 fully saturated rings. The van der Waals surface area contributed by atoms with Crippen LogP contribution in [0.3, 0.4) is 0 Å². The summed E-state index contributed by atoms with van der Waals surface area (Å²) in [6.45, 7) is 9.15. The van der Waals surface area contributed by atoms with Crippen molar-refractivity contribution in [3.63, 3.8) is 0 Å². The van der Waals surface area contributed by atoms with Gasteiger partial charge in [-0.2, -0.15) is 0 Å². The van der Waals surface area contributed by atoms with Gasteiger partial charge in [0.25, 0.3) is 0 Å². The highest BCUT2D eigenvalue weighted by atomic mass is 32.2. The number of benzene rings is 1. The van der Waals surface area contributed by atoms with Gasteiger partial charge in [0.15, 0.2) is 0 Å². The van der Waals surface area contributed by atoms with Crippen molar-refractivity contribution in [2.75, 3.05) is 0 Å². The fourth-order valence-electron chi connectivity index (χ4n) is 1.62. The fraction of sp³-hybridized carbons (Fsp3) is 0.250. The lowest BCUT2D eigenvalue weighted by Gasteiger charge is -2.10. The second kappa shape index (κ2) is 7.10. The Hall–Kier alpha value is -1.81. The van der Waals surface area contributed by atoms with Gasteiger partial charge in [0.05, 0.1) is 15.9 Å². The molecule has 0 unspecified atom stereocenters. The number of rotatable bonds is 6. The Bertz CT molecular complexity index is 606. The second-order valence-electron chi connectivity index (χ2n) is 4.45. The molecule has 3 nitrogen and oxygen atoms in total. The molecule has 4 heteroatoms. The second-order valence-corrected chi connectivity index (χ2v) is 6.40. The van der Waals surface area contributed by atoms with Crippen LogP contribution in [0.4, 0.5) is 0 Å². The molecule has 20 heavy (non-hydrogen) atoms. The van der Waals surface area contributed by atoms with Gasteiger partial charge in [0.1, 0.15) is 5.75 Å². The normalized spacial score (nSPS) is 12.9. The summed E-state index contributed by atoms with van der Waals surface area (Å²) in [6, 6.07) is 6.42. The molecule has 108 valence electrons. The van der Waals surface area contributed by atoms with E-state index in [2.05, 4.69) is 6.58 Å². The number of hydrogen-bond donors (Lipinski definition) is 0. The fourth-order valence-corrected chi connectivity index (χ4v) is 2.98. The van der Waals surface area contributed by atoms with E-state index in [1.807, 2.05) is 13.8 Å². The Morgan fingerprint density at radius 3 is 2.30 bits per heavy atom. The molecule has 0 N–H and O–H groups in total. The molecule has 0 amide bonds. The van der Waals surface area contributed by atoms with Gasteiger partial charge in [0, 0.05) is 0 Å². The molecular formula is C16H20O3S. The lowest BCUT2D eigenvalue weighted by atomic mass is 10.3. The number of sulfone groups is 1. The monoisotopic (exact) mass is 292 g/mol. The molecule has 0 atom stereocenters. The minimum atomic E-state index is -3.52. The van der Waals surface area contributed by atoms with Crippen molar-refractivity contribution in [3.8, 4) is 5.75 Å². The molecule has 0 spiro atoms. The van der Waals surface area contributed by atoms with E-state index < -0.39 is 9.84 Å². The zero-order valence-electron chi connectivity index (χ0n) is 12.0. The first-order valence-electron chi connectivity index (χ1n) is 6.39. The highest BCUT2D eigenvalue weighted by Gasteiger charge is 2.18. The molecule has 0 aliphatic rings. The molecule has 0 bridgehead atoms. The van der Waals surface area contributed by atoms with E-state index in [9.17, 15) is 8.42 Å². The van der Waals surface area contributed by atoms with Gasteiger partial charge < -0.3 is 4.74 Å². The van der Waals surface area contributed by atoms with Crippen LogP contribution in [0.15, 0.2) is 64.9 Å². The summed E-state index contributed by atoms with van der Waals surface area (Å²) >= 11 is 0. The summed E-state index contributed by atoms with van der Waals surface area (Å²) in [6.07, 6.45) is 6.23. The lowest BCUT2D eigenvalue weighted by Crippen LogP contribution is -2.06. The quantitative estimate of drug-likeness (QED) is 0.747. The maximum atomic E-state index is 12.4. The molecule has 0 heterocycles. The van der Waals surface area contributed by atoms with Crippen LogP contribution in [0.25, 0.3) is 0 Å². The molecule has 0 aromatic heterocycles. The molecule has 0 saturated heterocycles. The Morgan fingerprint density at radius 2 is 1.85 bits per heavy atom. The van der Waals surface area contributed by atoms with E-state index in [0.29, 0.717) is 5.75 Å². The van der Waals surface area contributed by atoms with Crippen molar-refractivity contribution in [2.24, 2.45) is 0 Å². The van der Waals surface area contributed by atoms with Crippen LogP contribution < -0.4 is 4.74 Å². The van der Waals surface area contributed by atoms with Crippen LogP contribution >= 0.6 is 0 Å². The number of allylic oxidation sites excluding steroid dienone is 4. The van der Waals surface area contributed by atoms with Crippen molar-refractivity contribution in [2.45, 2.75) is 31.8 Å². The average molecular weight is 292 g/mol. The highest BCUT2D eigenvalue weighted by molar-refractivity contribution is 7.95. The minimum absolute atomic E-state index is 0.0525. The minimum Gasteiger partial charge on any atom is -0.491 e. The van der Waals surface area contributed by atoms with Crippen LogP contribution in [0.1, 0.15) is 20.8 Å². The average Bonchev–Trinajstić information content (AvgIpc) is 2.38. The third kappa shape index (κ3) is 4.10. The van der Waals surface area contributed by atoms with Crippen LogP contribution in [-0.2, 0) is 9.84 Å². The van der Waals surface area contributed by atoms with Gasteiger partial charge >= 0.3 is 0 Å². The first-order valence-corrected chi connectivity index (χ1v) is 7.87. The van der Waals surface area contributed by atoms with Crippen LogP contribution in [0, 0.1) is 0 Å². The molecule has 0 saturated carbocycles. The van der Waals surface area contributed by atoms with Gasteiger partial charge in [-0.3, -0.25) is 0 Å². The van der Waals surface area contributed by atoms with Gasteiger partial charge in [-0.25, -0.2) is 8.42 Å². The van der Waals surface area contributed by atoms with Crippen molar-refractivity contribution < 1.29 is 13.2 Å². The third-order valence-electron chi connectivity index (χ3n) is 2.43. The Morgan fingerprint density at radius 1 is 1.25 bits per heavy atom. The predicted molar refractivity (Wildman–Crippen MR) is 82.5 cm³/mol. The van der Waals surface area contributed by atoms with E-state index >= 15 is 0 Å². The van der Waals surface area contributed by atoms with Crippen LogP contribution in [0.2, 0.25) is 0 Å². The standard InChI is InChI=1S/C16H20O3S/c1-5-7-15(8-6-2)20(17,18)16-11-9-14(10-12-16)19-13(3)4/h5-13H,1H2,2-4H3/b8-6-,15-7+. The van der Waals surface area contributed by atoms with Crippen molar-refractivity contribution in [3.05, 3.63) is 60.1 Å². The van der Waals surface area contributed by atoms with Gasteiger partial charge in [-0.05, 0) is 57.2 Å². The van der Waals surface area contributed by atoms with Crippen molar-refractivity contribution in [1.29, 1.82) is 0 Å². The van der Waals surface area contributed by atoms with Gasteiger partial charge in [-0.1, -0.05) is 18.7 Å². The van der Waals surface area contributed by atoms with E-state index in [4.69, 9.17) is 4.74 Å². The summed E-state index contributed by atoms with van der Waals surface area (Å²) in [5, 5.41) is 0. The molecule has 0 aliphatic carbocycles. The summed E-state index contributed by atoms with van der Waals surface area (Å²) in [5.41, 5.74) is 0. The van der Waals surface area contributed by atoms with Crippen LogP contribution in [-0.4, -0.2) is 14.5 Å². The topological polar surface area (TPSA) is 43.4 Å². The smallest absolute Gasteiger partial charge is 0.206 e. The Kier molecular flexibility index (Phi) is 5.77. The van der Waals surface area contributed by atoms with Crippen molar-refractivity contribution in [1.82, 2.24) is 0 Å². The lowest BCUT2D eigenvalue weighted by molar-refractivity contribution is 0.242. The highest BCUT2D eigenvalue weighted by Crippen LogP contribution is 2.23. The van der Waals surface area contributed by atoms with Crippen LogP contribution in [0.5, 0.6) is 5.75 Å². The maximum Gasteiger partial charge on any atom is 0.206 e.